The molecule has 0 radical (unpaired) electrons. The van der Waals surface area contributed by atoms with E-state index >= 15 is 0 Å². The predicted octanol–water partition coefficient (Wildman–Crippen LogP) is 2.22. The highest BCUT2D eigenvalue weighted by Crippen LogP contribution is 2.27. The maximum Gasteiger partial charge on any atom is 0.130 e. The van der Waals surface area contributed by atoms with Crippen molar-refractivity contribution in [1.82, 2.24) is 9.97 Å². The van der Waals surface area contributed by atoms with Crippen LogP contribution in [0.25, 0.3) is 10.6 Å². The van der Waals surface area contributed by atoms with E-state index in [4.69, 9.17) is 10.00 Å². The quantitative estimate of drug-likeness (QED) is 0.812. The third kappa shape index (κ3) is 2.08. The Bertz CT molecular complexity index is 516. The maximum atomic E-state index is 8.95. The van der Waals surface area contributed by atoms with Crippen molar-refractivity contribution in [3.05, 3.63) is 35.1 Å². The summed E-state index contributed by atoms with van der Waals surface area (Å²) in [6, 6.07) is 5.89. The molecule has 2 rings (SSSR count). The van der Waals surface area contributed by atoms with Gasteiger partial charge in [-0.05, 0) is 12.1 Å². The van der Waals surface area contributed by atoms with Gasteiger partial charge in [0, 0.05) is 25.1 Å². The van der Waals surface area contributed by atoms with Crippen LogP contribution in [0, 0.1) is 11.3 Å². The Hall–Kier alpha value is -1.77. The molecule has 4 nitrogen and oxygen atoms in total. The Balaban J connectivity index is 2.41. The second kappa shape index (κ2) is 4.84. The van der Waals surface area contributed by atoms with Crippen LogP contribution in [0.4, 0.5) is 0 Å². The summed E-state index contributed by atoms with van der Waals surface area (Å²) in [7, 11) is 1.59. The molecule has 0 aliphatic carbocycles. The Morgan fingerprint density at radius 1 is 1.56 bits per heavy atom. The number of nitrogens with zero attached hydrogens (tertiary/aromatic N) is 3. The third-order valence-electron chi connectivity index (χ3n) is 1.99. The molecule has 5 heteroatoms. The number of thiazole rings is 1. The minimum Gasteiger partial charge on any atom is -0.378 e. The van der Waals surface area contributed by atoms with Crippen molar-refractivity contribution >= 4 is 11.3 Å². The van der Waals surface area contributed by atoms with Crippen LogP contribution in [0.2, 0.25) is 0 Å². The van der Waals surface area contributed by atoms with Crippen LogP contribution in [-0.2, 0) is 11.3 Å². The van der Waals surface area contributed by atoms with Gasteiger partial charge in [-0.25, -0.2) is 4.98 Å². The van der Waals surface area contributed by atoms with Gasteiger partial charge in [-0.1, -0.05) is 0 Å². The van der Waals surface area contributed by atoms with E-state index in [-0.39, 0.29) is 0 Å². The zero-order valence-corrected chi connectivity index (χ0v) is 9.49. The van der Waals surface area contributed by atoms with E-state index < -0.39 is 0 Å². The molecule has 0 saturated carbocycles. The normalized spacial score (nSPS) is 10.0. The van der Waals surface area contributed by atoms with Gasteiger partial charge in [0.05, 0.1) is 12.3 Å². The van der Waals surface area contributed by atoms with E-state index in [0.29, 0.717) is 17.2 Å². The fourth-order valence-corrected chi connectivity index (χ4v) is 2.14. The highest BCUT2D eigenvalue weighted by atomic mass is 32.1. The van der Waals surface area contributed by atoms with E-state index in [1.54, 1.807) is 19.5 Å². The lowest BCUT2D eigenvalue weighted by molar-refractivity contribution is 0.182. The standard InChI is InChI=1S/C11H9N3OS/c1-15-7-9-10(5-12)16-11(14-9)8-3-2-4-13-6-8/h2-4,6H,7H2,1H3. The number of aromatic nitrogens is 2. The lowest BCUT2D eigenvalue weighted by Crippen LogP contribution is -1.90. The molecule has 2 aromatic heterocycles. The number of nitriles is 1. The van der Waals surface area contributed by atoms with E-state index in [9.17, 15) is 0 Å². The van der Waals surface area contributed by atoms with Gasteiger partial charge in [-0.2, -0.15) is 5.26 Å². The Morgan fingerprint density at radius 3 is 3.06 bits per heavy atom. The number of hydrogen-bond donors (Lipinski definition) is 0. The summed E-state index contributed by atoms with van der Waals surface area (Å²) in [6.07, 6.45) is 3.44. The van der Waals surface area contributed by atoms with Crippen molar-refractivity contribution in [2.75, 3.05) is 7.11 Å². The van der Waals surface area contributed by atoms with E-state index in [1.807, 2.05) is 12.1 Å². The molecule has 0 atom stereocenters. The highest BCUT2D eigenvalue weighted by molar-refractivity contribution is 7.15. The van der Waals surface area contributed by atoms with E-state index in [2.05, 4.69) is 16.0 Å². The number of methoxy groups -OCH3 is 1. The van der Waals surface area contributed by atoms with Crippen LogP contribution < -0.4 is 0 Å². The minimum atomic E-state index is 0.361. The number of hydrogen-bond acceptors (Lipinski definition) is 5. The van der Waals surface area contributed by atoms with E-state index in [0.717, 1.165) is 10.6 Å². The Morgan fingerprint density at radius 2 is 2.44 bits per heavy atom. The SMILES string of the molecule is COCc1nc(-c2cccnc2)sc1C#N. The molecule has 2 heterocycles. The summed E-state index contributed by atoms with van der Waals surface area (Å²) in [4.78, 5) is 8.99. The van der Waals surface area contributed by atoms with Gasteiger partial charge in [-0.15, -0.1) is 11.3 Å². The molecular formula is C11H9N3OS. The molecule has 0 aromatic carbocycles. The molecule has 2 aromatic rings. The maximum absolute atomic E-state index is 8.95. The van der Waals surface area contributed by atoms with Gasteiger partial charge in [0.25, 0.3) is 0 Å². The van der Waals surface area contributed by atoms with Crippen molar-refractivity contribution in [2.24, 2.45) is 0 Å². The second-order valence-corrected chi connectivity index (χ2v) is 4.08. The Kier molecular flexibility index (Phi) is 3.25. The second-order valence-electron chi connectivity index (χ2n) is 3.08. The van der Waals surface area contributed by atoms with Crippen molar-refractivity contribution < 1.29 is 4.74 Å². The van der Waals surface area contributed by atoms with Crippen LogP contribution in [0.15, 0.2) is 24.5 Å². The summed E-state index contributed by atoms with van der Waals surface area (Å²) in [5.74, 6) is 0. The van der Waals surface area contributed by atoms with Crippen LogP contribution in [-0.4, -0.2) is 17.1 Å². The van der Waals surface area contributed by atoms with Crippen LogP contribution in [0.5, 0.6) is 0 Å². The average Bonchev–Trinajstić information content (AvgIpc) is 2.74. The van der Waals surface area contributed by atoms with Gasteiger partial charge in [0.1, 0.15) is 16.0 Å². The molecule has 0 unspecified atom stereocenters. The van der Waals surface area contributed by atoms with Gasteiger partial charge in [0.15, 0.2) is 0 Å². The van der Waals surface area contributed by atoms with E-state index in [1.165, 1.54) is 11.3 Å². The monoisotopic (exact) mass is 231 g/mol. The topological polar surface area (TPSA) is 58.8 Å². The van der Waals surface area contributed by atoms with Crippen LogP contribution >= 0.6 is 11.3 Å². The molecule has 16 heavy (non-hydrogen) atoms. The summed E-state index contributed by atoms with van der Waals surface area (Å²) in [6.45, 7) is 0.361. The third-order valence-corrected chi connectivity index (χ3v) is 3.04. The number of ether oxygens (including phenoxy) is 1. The fourth-order valence-electron chi connectivity index (χ4n) is 1.29. The molecule has 0 spiro atoms. The first kappa shape index (κ1) is 10.7. The average molecular weight is 231 g/mol. The number of rotatable bonds is 3. The first-order valence-electron chi connectivity index (χ1n) is 4.64. The predicted molar refractivity (Wildman–Crippen MR) is 60.8 cm³/mol. The summed E-state index contributed by atoms with van der Waals surface area (Å²) < 4.78 is 5.00. The smallest absolute Gasteiger partial charge is 0.130 e. The molecular weight excluding hydrogens is 222 g/mol. The van der Waals surface area contributed by atoms with Gasteiger partial charge >= 0.3 is 0 Å². The lowest BCUT2D eigenvalue weighted by atomic mass is 10.3. The molecule has 0 N–H and O–H groups in total. The molecule has 0 amide bonds. The number of pyridine rings is 1. The summed E-state index contributed by atoms with van der Waals surface area (Å²) in [5.41, 5.74) is 1.61. The van der Waals surface area contributed by atoms with Crippen molar-refractivity contribution in [3.63, 3.8) is 0 Å². The fraction of sp³-hybridized carbons (Fsp3) is 0.182. The zero-order chi connectivity index (χ0) is 11.4. The van der Waals surface area contributed by atoms with Gasteiger partial charge < -0.3 is 4.74 Å². The largest absolute Gasteiger partial charge is 0.378 e. The first-order chi connectivity index (χ1) is 7.85. The van der Waals surface area contributed by atoms with Gasteiger partial charge in [-0.3, -0.25) is 4.98 Å². The van der Waals surface area contributed by atoms with Crippen LogP contribution in [0.3, 0.4) is 0 Å². The van der Waals surface area contributed by atoms with Crippen molar-refractivity contribution in [2.45, 2.75) is 6.61 Å². The highest BCUT2D eigenvalue weighted by Gasteiger charge is 2.11. The summed E-state index contributed by atoms with van der Waals surface area (Å²) >= 11 is 1.36. The lowest BCUT2D eigenvalue weighted by Gasteiger charge is -1.93. The molecule has 0 aliphatic rings. The van der Waals surface area contributed by atoms with Crippen molar-refractivity contribution in [3.8, 4) is 16.6 Å². The molecule has 0 saturated heterocycles. The molecule has 80 valence electrons. The van der Waals surface area contributed by atoms with Crippen LogP contribution in [0.1, 0.15) is 10.6 Å². The molecule has 0 aliphatic heterocycles. The zero-order valence-electron chi connectivity index (χ0n) is 8.67. The van der Waals surface area contributed by atoms with Crippen molar-refractivity contribution in [1.29, 1.82) is 5.26 Å². The molecule has 0 bridgehead atoms. The Labute approximate surface area is 97.2 Å². The molecule has 0 fully saturated rings. The minimum absolute atomic E-state index is 0.361. The summed E-state index contributed by atoms with van der Waals surface area (Å²) in [5, 5.41) is 9.76. The first-order valence-corrected chi connectivity index (χ1v) is 5.46. The van der Waals surface area contributed by atoms with Gasteiger partial charge in [0.2, 0.25) is 0 Å².